The van der Waals surface area contributed by atoms with E-state index in [1.807, 2.05) is 0 Å². The number of carbonyl (C=O) groups excluding carboxylic acids is 1. The normalized spacial score (nSPS) is 15.2. The van der Waals surface area contributed by atoms with Crippen molar-refractivity contribution in [1.29, 1.82) is 0 Å². The van der Waals surface area contributed by atoms with E-state index in [-0.39, 0.29) is 11.8 Å². The topological polar surface area (TPSA) is 47.6 Å². The highest BCUT2D eigenvalue weighted by Crippen LogP contribution is 2.32. The number of amides is 1. The van der Waals surface area contributed by atoms with Crippen molar-refractivity contribution in [2.45, 2.75) is 6.92 Å². The zero-order chi connectivity index (χ0) is 12.3. The number of hydrogen-bond acceptors (Lipinski definition) is 3. The van der Waals surface area contributed by atoms with Crippen LogP contribution in [-0.4, -0.2) is 25.0 Å². The summed E-state index contributed by atoms with van der Waals surface area (Å²) in [6.45, 7) is 2.87. The van der Waals surface area contributed by atoms with Gasteiger partial charge in [0.1, 0.15) is 13.2 Å². The second-order valence-electron chi connectivity index (χ2n) is 3.90. The molecule has 4 nitrogen and oxygen atoms in total. The smallest absolute Gasteiger partial charge is 0.228 e. The van der Waals surface area contributed by atoms with Crippen molar-refractivity contribution in [3.8, 4) is 11.5 Å². The highest BCUT2D eigenvalue weighted by atomic mass is 35.5. The number of alkyl halides is 1. The lowest BCUT2D eigenvalue weighted by Crippen LogP contribution is -2.21. The number of hydrogen-bond donors (Lipinski definition) is 1. The van der Waals surface area contributed by atoms with E-state index >= 15 is 0 Å². The molecule has 0 aliphatic carbocycles. The quantitative estimate of drug-likeness (QED) is 0.843. The average molecular weight is 256 g/mol. The lowest BCUT2D eigenvalue weighted by molar-refractivity contribution is -0.118. The molecule has 5 heteroatoms. The van der Waals surface area contributed by atoms with E-state index in [1.165, 1.54) is 0 Å². The molecule has 0 bridgehead atoms. The second kappa shape index (κ2) is 5.27. The largest absolute Gasteiger partial charge is 0.486 e. The zero-order valence-electron chi connectivity index (χ0n) is 9.53. The molecule has 2 rings (SSSR count). The van der Waals surface area contributed by atoms with Crippen LogP contribution >= 0.6 is 11.6 Å². The van der Waals surface area contributed by atoms with Crippen LogP contribution in [0.1, 0.15) is 6.92 Å². The third-order valence-electron chi connectivity index (χ3n) is 2.49. The molecule has 92 valence electrons. The maximum Gasteiger partial charge on any atom is 0.228 e. The van der Waals surface area contributed by atoms with Crippen molar-refractivity contribution in [2.24, 2.45) is 5.92 Å². The summed E-state index contributed by atoms with van der Waals surface area (Å²) in [5.74, 6) is 1.35. The van der Waals surface area contributed by atoms with Crippen LogP contribution in [0.4, 0.5) is 5.69 Å². The van der Waals surface area contributed by atoms with Crippen molar-refractivity contribution < 1.29 is 14.3 Å². The molecule has 0 saturated carbocycles. The van der Waals surface area contributed by atoms with Crippen LogP contribution in [0.5, 0.6) is 11.5 Å². The third-order valence-corrected chi connectivity index (χ3v) is 2.95. The second-order valence-corrected chi connectivity index (χ2v) is 4.21. The molecule has 1 aliphatic rings. The van der Waals surface area contributed by atoms with Gasteiger partial charge in [-0.15, -0.1) is 11.6 Å². The first-order valence-electron chi connectivity index (χ1n) is 5.47. The van der Waals surface area contributed by atoms with Gasteiger partial charge in [-0.25, -0.2) is 0 Å². The molecule has 1 heterocycles. The Balaban J connectivity index is 2.09. The Morgan fingerprint density at radius 3 is 2.82 bits per heavy atom. The van der Waals surface area contributed by atoms with Gasteiger partial charge in [0, 0.05) is 23.6 Å². The van der Waals surface area contributed by atoms with Gasteiger partial charge in [0.2, 0.25) is 5.91 Å². The Hall–Kier alpha value is -1.42. The van der Waals surface area contributed by atoms with Gasteiger partial charge < -0.3 is 14.8 Å². The Kier molecular flexibility index (Phi) is 3.74. The lowest BCUT2D eigenvalue weighted by Gasteiger charge is -2.19. The molecule has 1 unspecified atom stereocenters. The first kappa shape index (κ1) is 12.0. The van der Waals surface area contributed by atoms with Gasteiger partial charge >= 0.3 is 0 Å². The molecule has 1 aliphatic heterocycles. The van der Waals surface area contributed by atoms with Crippen molar-refractivity contribution in [3.05, 3.63) is 18.2 Å². The molecular weight excluding hydrogens is 242 g/mol. The minimum absolute atomic E-state index is 0.100. The Morgan fingerprint density at radius 2 is 2.12 bits per heavy atom. The van der Waals surface area contributed by atoms with Crippen LogP contribution in [0.2, 0.25) is 0 Å². The Morgan fingerprint density at radius 1 is 1.41 bits per heavy atom. The highest BCUT2D eigenvalue weighted by molar-refractivity contribution is 6.19. The van der Waals surface area contributed by atoms with E-state index in [0.717, 1.165) is 0 Å². The molecule has 1 N–H and O–H groups in total. The number of carbonyl (C=O) groups is 1. The van der Waals surface area contributed by atoms with Crippen LogP contribution in [0.3, 0.4) is 0 Å². The van der Waals surface area contributed by atoms with Gasteiger partial charge in [-0.1, -0.05) is 6.92 Å². The van der Waals surface area contributed by atoms with Gasteiger partial charge in [0.15, 0.2) is 11.5 Å². The maximum absolute atomic E-state index is 11.6. The van der Waals surface area contributed by atoms with Gasteiger partial charge in [0.25, 0.3) is 0 Å². The molecular formula is C12H14ClNO3. The molecule has 0 spiro atoms. The van der Waals surface area contributed by atoms with Crippen LogP contribution < -0.4 is 14.8 Å². The predicted molar refractivity (Wildman–Crippen MR) is 65.9 cm³/mol. The summed E-state index contributed by atoms with van der Waals surface area (Å²) >= 11 is 5.62. The molecule has 1 aromatic rings. The number of halogens is 1. The lowest BCUT2D eigenvalue weighted by atomic mass is 10.2. The highest BCUT2D eigenvalue weighted by Gasteiger charge is 2.15. The van der Waals surface area contributed by atoms with E-state index in [1.54, 1.807) is 25.1 Å². The zero-order valence-corrected chi connectivity index (χ0v) is 10.3. The molecule has 17 heavy (non-hydrogen) atoms. The van der Waals surface area contributed by atoms with Crippen molar-refractivity contribution in [2.75, 3.05) is 24.4 Å². The molecule has 0 fully saturated rings. The summed E-state index contributed by atoms with van der Waals surface area (Å²) in [4.78, 5) is 11.6. The van der Waals surface area contributed by atoms with E-state index in [2.05, 4.69) is 5.32 Å². The molecule has 0 saturated heterocycles. The van der Waals surface area contributed by atoms with Crippen LogP contribution in [0.15, 0.2) is 18.2 Å². The standard InChI is InChI=1S/C12H14ClNO3/c1-8(7-13)12(15)14-9-2-3-10-11(6-9)17-5-4-16-10/h2-3,6,8H,4-5,7H2,1H3,(H,14,15). The fourth-order valence-corrected chi connectivity index (χ4v) is 1.60. The molecule has 1 amide bonds. The summed E-state index contributed by atoms with van der Waals surface area (Å²) in [7, 11) is 0. The number of benzene rings is 1. The van der Waals surface area contributed by atoms with Gasteiger partial charge in [0.05, 0.1) is 0 Å². The van der Waals surface area contributed by atoms with Crippen LogP contribution in [0.25, 0.3) is 0 Å². The number of nitrogens with one attached hydrogen (secondary N) is 1. The first-order valence-corrected chi connectivity index (χ1v) is 6.00. The van der Waals surface area contributed by atoms with E-state index in [9.17, 15) is 4.79 Å². The van der Waals surface area contributed by atoms with E-state index in [0.29, 0.717) is 36.3 Å². The molecule has 0 radical (unpaired) electrons. The number of anilines is 1. The van der Waals surface area contributed by atoms with Gasteiger partial charge in [-0.05, 0) is 12.1 Å². The number of rotatable bonds is 3. The summed E-state index contributed by atoms with van der Waals surface area (Å²) in [5, 5.41) is 2.78. The van der Waals surface area contributed by atoms with Crippen molar-refractivity contribution >= 4 is 23.2 Å². The Bertz CT molecular complexity index is 422. The van der Waals surface area contributed by atoms with Gasteiger partial charge in [-0.3, -0.25) is 4.79 Å². The molecule has 1 aromatic carbocycles. The summed E-state index contributed by atoms with van der Waals surface area (Å²) < 4.78 is 10.8. The molecule has 1 atom stereocenters. The van der Waals surface area contributed by atoms with E-state index < -0.39 is 0 Å². The third kappa shape index (κ3) is 2.82. The van der Waals surface area contributed by atoms with Crippen LogP contribution in [0, 0.1) is 5.92 Å². The number of fused-ring (bicyclic) bond motifs is 1. The number of ether oxygens (including phenoxy) is 2. The van der Waals surface area contributed by atoms with Crippen LogP contribution in [-0.2, 0) is 4.79 Å². The first-order chi connectivity index (χ1) is 8.20. The fourth-order valence-electron chi connectivity index (χ4n) is 1.46. The predicted octanol–water partition coefficient (Wildman–Crippen LogP) is 2.27. The Labute approximate surface area is 105 Å². The summed E-state index contributed by atoms with van der Waals surface area (Å²) in [6, 6.07) is 5.33. The minimum Gasteiger partial charge on any atom is -0.486 e. The minimum atomic E-state index is -0.218. The summed E-state index contributed by atoms with van der Waals surface area (Å²) in [6.07, 6.45) is 0. The van der Waals surface area contributed by atoms with Crippen molar-refractivity contribution in [1.82, 2.24) is 0 Å². The maximum atomic E-state index is 11.6. The van der Waals surface area contributed by atoms with Gasteiger partial charge in [-0.2, -0.15) is 0 Å². The van der Waals surface area contributed by atoms with Crippen molar-refractivity contribution in [3.63, 3.8) is 0 Å². The molecule has 0 aromatic heterocycles. The summed E-state index contributed by atoms with van der Waals surface area (Å²) in [5.41, 5.74) is 0.691. The average Bonchev–Trinajstić information content (AvgIpc) is 2.37. The fraction of sp³-hybridized carbons (Fsp3) is 0.417. The van der Waals surface area contributed by atoms with E-state index in [4.69, 9.17) is 21.1 Å². The SMILES string of the molecule is CC(CCl)C(=O)Nc1ccc2c(c1)OCCO2. The monoisotopic (exact) mass is 255 g/mol.